The summed E-state index contributed by atoms with van der Waals surface area (Å²) in [7, 11) is 0. The Bertz CT molecular complexity index is 436. The van der Waals surface area contributed by atoms with E-state index in [2.05, 4.69) is 11.9 Å². The van der Waals surface area contributed by atoms with E-state index in [1.807, 2.05) is 24.0 Å². The largest absolute Gasteiger partial charge is 0.339 e. The van der Waals surface area contributed by atoms with Crippen LogP contribution in [0.25, 0.3) is 0 Å². The second-order valence-electron chi connectivity index (χ2n) is 5.44. The van der Waals surface area contributed by atoms with Crippen molar-refractivity contribution in [1.82, 2.24) is 9.88 Å². The molecular weight excluding hydrogens is 226 g/mol. The highest BCUT2D eigenvalue weighted by Gasteiger charge is 2.31. The van der Waals surface area contributed by atoms with Crippen LogP contribution < -0.4 is 5.73 Å². The Labute approximate surface area is 108 Å². The van der Waals surface area contributed by atoms with Gasteiger partial charge in [0.2, 0.25) is 0 Å². The van der Waals surface area contributed by atoms with Crippen LogP contribution in [0.1, 0.15) is 35.8 Å². The molecule has 2 rings (SSSR count). The molecule has 4 nitrogen and oxygen atoms in total. The predicted molar refractivity (Wildman–Crippen MR) is 71.3 cm³/mol. The maximum absolute atomic E-state index is 12.4. The van der Waals surface area contributed by atoms with Crippen molar-refractivity contribution < 1.29 is 4.79 Å². The SMILES string of the molecule is Cc1ncccc1C(=O)N1CCC(C)(CN)CC1. The van der Waals surface area contributed by atoms with E-state index >= 15 is 0 Å². The summed E-state index contributed by atoms with van der Waals surface area (Å²) in [5.41, 5.74) is 7.49. The van der Waals surface area contributed by atoms with Gasteiger partial charge >= 0.3 is 0 Å². The Morgan fingerprint density at radius 3 is 2.72 bits per heavy atom. The number of aryl methyl sites for hydroxylation is 1. The van der Waals surface area contributed by atoms with E-state index in [0.717, 1.165) is 31.6 Å². The Kier molecular flexibility index (Phi) is 3.66. The van der Waals surface area contributed by atoms with Gasteiger partial charge in [-0.25, -0.2) is 0 Å². The summed E-state index contributed by atoms with van der Waals surface area (Å²) in [5, 5.41) is 0. The molecule has 0 aliphatic carbocycles. The summed E-state index contributed by atoms with van der Waals surface area (Å²) in [5.74, 6) is 0.0969. The lowest BCUT2D eigenvalue weighted by Crippen LogP contribution is -2.44. The lowest BCUT2D eigenvalue weighted by Gasteiger charge is -2.38. The molecule has 1 amide bonds. The quantitative estimate of drug-likeness (QED) is 0.863. The van der Waals surface area contributed by atoms with Gasteiger partial charge in [-0.05, 0) is 43.9 Å². The fourth-order valence-corrected chi connectivity index (χ4v) is 2.33. The van der Waals surface area contributed by atoms with Crippen LogP contribution in [-0.2, 0) is 0 Å². The van der Waals surface area contributed by atoms with Crippen LogP contribution in [-0.4, -0.2) is 35.4 Å². The average Bonchev–Trinajstić information content (AvgIpc) is 2.39. The molecule has 1 aliphatic heterocycles. The molecule has 1 saturated heterocycles. The van der Waals surface area contributed by atoms with Gasteiger partial charge in [0.25, 0.3) is 5.91 Å². The first-order valence-electron chi connectivity index (χ1n) is 6.47. The van der Waals surface area contributed by atoms with Crippen molar-refractivity contribution in [3.05, 3.63) is 29.6 Å². The number of piperidine rings is 1. The monoisotopic (exact) mass is 247 g/mol. The van der Waals surface area contributed by atoms with E-state index < -0.39 is 0 Å². The first-order chi connectivity index (χ1) is 8.56. The topological polar surface area (TPSA) is 59.2 Å². The van der Waals surface area contributed by atoms with Crippen molar-refractivity contribution in [2.75, 3.05) is 19.6 Å². The number of carbonyl (C=O) groups is 1. The van der Waals surface area contributed by atoms with Crippen molar-refractivity contribution in [3.8, 4) is 0 Å². The van der Waals surface area contributed by atoms with Gasteiger partial charge in [-0.1, -0.05) is 6.92 Å². The highest BCUT2D eigenvalue weighted by Crippen LogP contribution is 2.30. The lowest BCUT2D eigenvalue weighted by molar-refractivity contribution is 0.0616. The molecule has 98 valence electrons. The summed E-state index contributed by atoms with van der Waals surface area (Å²) in [6.45, 7) is 6.36. The average molecular weight is 247 g/mol. The summed E-state index contributed by atoms with van der Waals surface area (Å²) in [4.78, 5) is 18.5. The third-order valence-electron chi connectivity index (χ3n) is 3.99. The van der Waals surface area contributed by atoms with E-state index in [1.54, 1.807) is 6.20 Å². The molecule has 0 spiro atoms. The number of nitrogens with zero attached hydrogens (tertiary/aromatic N) is 2. The second-order valence-corrected chi connectivity index (χ2v) is 5.44. The van der Waals surface area contributed by atoms with E-state index in [1.165, 1.54) is 0 Å². The molecule has 1 aromatic rings. The summed E-state index contributed by atoms with van der Waals surface area (Å²) in [6.07, 6.45) is 3.68. The normalized spacial score (nSPS) is 18.7. The van der Waals surface area contributed by atoms with E-state index in [4.69, 9.17) is 5.73 Å². The van der Waals surface area contributed by atoms with E-state index in [9.17, 15) is 4.79 Å². The summed E-state index contributed by atoms with van der Waals surface area (Å²) < 4.78 is 0. The standard InChI is InChI=1S/C14H21N3O/c1-11-12(4-3-7-16-11)13(18)17-8-5-14(2,10-15)6-9-17/h3-4,7H,5-6,8-10,15H2,1-2H3. The number of rotatable bonds is 2. The van der Waals surface area contributed by atoms with Crippen LogP contribution in [0.3, 0.4) is 0 Å². The molecule has 18 heavy (non-hydrogen) atoms. The number of hydrogen-bond acceptors (Lipinski definition) is 3. The highest BCUT2D eigenvalue weighted by molar-refractivity contribution is 5.95. The molecule has 0 atom stereocenters. The number of hydrogen-bond donors (Lipinski definition) is 1. The van der Waals surface area contributed by atoms with Crippen molar-refractivity contribution in [1.29, 1.82) is 0 Å². The smallest absolute Gasteiger partial charge is 0.255 e. The van der Waals surface area contributed by atoms with Gasteiger partial charge in [-0.15, -0.1) is 0 Å². The molecule has 0 bridgehead atoms. The zero-order valence-corrected chi connectivity index (χ0v) is 11.1. The molecule has 1 aromatic heterocycles. The molecule has 2 heterocycles. The Hall–Kier alpha value is -1.42. The van der Waals surface area contributed by atoms with Crippen LogP contribution in [0.15, 0.2) is 18.3 Å². The van der Waals surface area contributed by atoms with Gasteiger partial charge in [0.1, 0.15) is 0 Å². The van der Waals surface area contributed by atoms with Crippen molar-refractivity contribution in [2.45, 2.75) is 26.7 Å². The molecular formula is C14H21N3O. The molecule has 2 N–H and O–H groups in total. The number of carbonyl (C=O) groups excluding carboxylic acids is 1. The number of pyridine rings is 1. The molecule has 0 aromatic carbocycles. The van der Waals surface area contributed by atoms with Gasteiger partial charge in [-0.3, -0.25) is 9.78 Å². The van der Waals surface area contributed by atoms with Crippen LogP contribution in [0.5, 0.6) is 0 Å². The summed E-state index contributed by atoms with van der Waals surface area (Å²) >= 11 is 0. The molecule has 0 radical (unpaired) electrons. The fraction of sp³-hybridized carbons (Fsp3) is 0.571. The second kappa shape index (κ2) is 5.06. The van der Waals surface area contributed by atoms with Gasteiger partial charge in [0.05, 0.1) is 5.56 Å². The minimum Gasteiger partial charge on any atom is -0.339 e. The van der Waals surface area contributed by atoms with Gasteiger partial charge in [-0.2, -0.15) is 0 Å². The van der Waals surface area contributed by atoms with Crippen LogP contribution in [0, 0.1) is 12.3 Å². The van der Waals surface area contributed by atoms with E-state index in [0.29, 0.717) is 12.1 Å². The van der Waals surface area contributed by atoms with Crippen LogP contribution in [0.4, 0.5) is 0 Å². The third-order valence-corrected chi connectivity index (χ3v) is 3.99. The Morgan fingerprint density at radius 1 is 1.50 bits per heavy atom. The third kappa shape index (κ3) is 2.53. The van der Waals surface area contributed by atoms with Crippen LogP contribution >= 0.6 is 0 Å². The predicted octanol–water partition coefficient (Wildman–Crippen LogP) is 1.59. The minimum absolute atomic E-state index is 0.0969. The highest BCUT2D eigenvalue weighted by atomic mass is 16.2. The fourth-order valence-electron chi connectivity index (χ4n) is 2.33. The number of aromatic nitrogens is 1. The zero-order valence-electron chi connectivity index (χ0n) is 11.1. The number of likely N-dealkylation sites (tertiary alicyclic amines) is 1. The van der Waals surface area contributed by atoms with Crippen molar-refractivity contribution in [3.63, 3.8) is 0 Å². The van der Waals surface area contributed by atoms with E-state index in [-0.39, 0.29) is 11.3 Å². The maximum Gasteiger partial charge on any atom is 0.255 e. The van der Waals surface area contributed by atoms with Gasteiger partial charge in [0.15, 0.2) is 0 Å². The van der Waals surface area contributed by atoms with Crippen LogP contribution in [0.2, 0.25) is 0 Å². The Balaban J connectivity index is 2.07. The zero-order chi connectivity index (χ0) is 13.2. The minimum atomic E-state index is 0.0969. The lowest BCUT2D eigenvalue weighted by atomic mass is 9.80. The van der Waals surface area contributed by atoms with Gasteiger partial charge in [0, 0.05) is 25.0 Å². The first kappa shape index (κ1) is 13.0. The summed E-state index contributed by atoms with van der Waals surface area (Å²) in [6, 6.07) is 3.66. The number of nitrogens with two attached hydrogens (primary N) is 1. The molecule has 4 heteroatoms. The number of amides is 1. The maximum atomic E-state index is 12.4. The first-order valence-corrected chi connectivity index (χ1v) is 6.47. The molecule has 1 aliphatic rings. The van der Waals surface area contributed by atoms with Crippen molar-refractivity contribution >= 4 is 5.91 Å². The molecule has 0 unspecified atom stereocenters. The molecule has 0 saturated carbocycles. The molecule has 1 fully saturated rings. The van der Waals surface area contributed by atoms with Gasteiger partial charge < -0.3 is 10.6 Å². The van der Waals surface area contributed by atoms with Crippen molar-refractivity contribution in [2.24, 2.45) is 11.1 Å². The Morgan fingerprint density at radius 2 is 2.17 bits per heavy atom.